The van der Waals surface area contributed by atoms with E-state index >= 15 is 0 Å². The quantitative estimate of drug-likeness (QED) is 0.648. The van der Waals surface area contributed by atoms with Crippen LogP contribution in [0.1, 0.15) is 15.9 Å². The maximum Gasteiger partial charge on any atom is 0.189 e. The fraction of sp³-hybridized carbons (Fsp3) is 0.133. The Morgan fingerprint density at radius 2 is 1.88 bits per heavy atom. The largest absolute Gasteiger partial charge is 0.289 e. The molecular weight excluding hydrogens is 196 g/mol. The topological polar surface area (TPSA) is 17.1 Å². The number of fused-ring (bicyclic) bond motifs is 1. The second kappa shape index (κ2) is 3.60. The van der Waals surface area contributed by atoms with E-state index in [4.69, 9.17) is 0 Å². The third-order valence-electron chi connectivity index (χ3n) is 3.11. The fourth-order valence-electron chi connectivity index (χ4n) is 2.28. The zero-order valence-electron chi connectivity index (χ0n) is 8.89. The van der Waals surface area contributed by atoms with Gasteiger partial charge in [-0.05, 0) is 5.56 Å². The molecule has 2 aliphatic carbocycles. The Bertz CT molecular complexity index is 520. The molecule has 0 N–H and O–H groups in total. The summed E-state index contributed by atoms with van der Waals surface area (Å²) in [6, 6.07) is 7.87. The molecule has 16 heavy (non-hydrogen) atoms. The summed E-state index contributed by atoms with van der Waals surface area (Å²) >= 11 is 0. The Morgan fingerprint density at radius 3 is 2.62 bits per heavy atom. The number of hydrogen-bond donors (Lipinski definition) is 0. The lowest BCUT2D eigenvalue weighted by molar-refractivity contribution is 0.103. The third kappa shape index (κ3) is 1.45. The first-order valence-corrected chi connectivity index (χ1v) is 5.53. The Balaban J connectivity index is 1.95. The minimum atomic E-state index is 0.198. The number of carbonyl (C=O) groups is 1. The normalized spacial score (nSPS) is 21.0. The Labute approximate surface area is 94.8 Å². The predicted molar refractivity (Wildman–Crippen MR) is 64.3 cm³/mol. The smallest absolute Gasteiger partial charge is 0.189 e. The van der Waals surface area contributed by atoms with Gasteiger partial charge in [-0.3, -0.25) is 4.79 Å². The molecule has 0 fully saturated rings. The number of carbonyl (C=O) groups excluding carboxylic acids is 1. The van der Waals surface area contributed by atoms with Crippen LogP contribution in [-0.2, 0) is 6.42 Å². The van der Waals surface area contributed by atoms with Crippen molar-refractivity contribution in [3.05, 3.63) is 71.3 Å². The maximum atomic E-state index is 12.1. The highest BCUT2D eigenvalue weighted by molar-refractivity contribution is 6.13. The van der Waals surface area contributed by atoms with Gasteiger partial charge >= 0.3 is 0 Å². The molecule has 0 saturated carbocycles. The molecule has 0 bridgehead atoms. The minimum Gasteiger partial charge on any atom is -0.289 e. The molecule has 0 saturated heterocycles. The molecule has 3 rings (SSSR count). The van der Waals surface area contributed by atoms with E-state index in [-0.39, 0.29) is 5.78 Å². The number of ketones is 1. The van der Waals surface area contributed by atoms with Crippen molar-refractivity contribution >= 4 is 5.78 Å². The van der Waals surface area contributed by atoms with Crippen molar-refractivity contribution in [1.29, 1.82) is 0 Å². The average molecular weight is 208 g/mol. The molecule has 2 aliphatic rings. The number of hydrogen-bond acceptors (Lipinski definition) is 1. The van der Waals surface area contributed by atoms with E-state index in [0.29, 0.717) is 5.92 Å². The molecule has 1 aromatic rings. The Morgan fingerprint density at radius 1 is 1.12 bits per heavy atom. The second-order valence-electron chi connectivity index (χ2n) is 4.20. The highest BCUT2D eigenvalue weighted by atomic mass is 16.1. The molecule has 1 nitrogen and oxygen atoms in total. The first-order valence-electron chi connectivity index (χ1n) is 5.53. The van der Waals surface area contributed by atoms with Gasteiger partial charge in [0.2, 0.25) is 0 Å². The van der Waals surface area contributed by atoms with Crippen molar-refractivity contribution in [2.45, 2.75) is 6.42 Å². The molecule has 1 heteroatoms. The molecule has 0 amide bonds. The van der Waals surface area contributed by atoms with Crippen molar-refractivity contribution in [3.8, 4) is 0 Å². The van der Waals surface area contributed by atoms with Gasteiger partial charge in [-0.1, -0.05) is 54.6 Å². The molecule has 0 aromatic heterocycles. The van der Waals surface area contributed by atoms with E-state index in [2.05, 4.69) is 18.2 Å². The average Bonchev–Trinajstić information content (AvgIpc) is 2.90. The van der Waals surface area contributed by atoms with Crippen molar-refractivity contribution in [1.82, 2.24) is 0 Å². The highest BCUT2D eigenvalue weighted by Crippen LogP contribution is 2.27. The zero-order valence-corrected chi connectivity index (χ0v) is 8.89. The van der Waals surface area contributed by atoms with E-state index in [1.165, 1.54) is 0 Å². The first-order chi connectivity index (χ1) is 7.84. The second-order valence-corrected chi connectivity index (χ2v) is 4.20. The summed E-state index contributed by atoms with van der Waals surface area (Å²) in [5.74, 6) is 0.498. The van der Waals surface area contributed by atoms with Crippen LogP contribution < -0.4 is 0 Å². The van der Waals surface area contributed by atoms with E-state index in [1.807, 2.05) is 36.4 Å². The lowest BCUT2D eigenvalue weighted by Crippen LogP contribution is -1.97. The van der Waals surface area contributed by atoms with Crippen LogP contribution in [0.3, 0.4) is 0 Å². The number of benzene rings is 1. The summed E-state index contributed by atoms with van der Waals surface area (Å²) in [7, 11) is 0. The van der Waals surface area contributed by atoms with Crippen LogP contribution in [-0.4, -0.2) is 5.78 Å². The molecular formula is C15H12O. The fourth-order valence-corrected chi connectivity index (χ4v) is 2.28. The van der Waals surface area contributed by atoms with Crippen LogP contribution in [0.25, 0.3) is 0 Å². The lowest BCUT2D eigenvalue weighted by atomic mass is 10.0. The van der Waals surface area contributed by atoms with Crippen LogP contribution in [0.2, 0.25) is 0 Å². The van der Waals surface area contributed by atoms with Gasteiger partial charge in [0.05, 0.1) is 0 Å². The van der Waals surface area contributed by atoms with Crippen LogP contribution >= 0.6 is 0 Å². The van der Waals surface area contributed by atoms with E-state index in [9.17, 15) is 4.79 Å². The molecule has 0 spiro atoms. The Kier molecular flexibility index (Phi) is 2.10. The molecule has 0 unspecified atom stereocenters. The summed E-state index contributed by atoms with van der Waals surface area (Å²) in [6.45, 7) is 0. The van der Waals surface area contributed by atoms with Crippen molar-refractivity contribution in [3.63, 3.8) is 0 Å². The summed E-state index contributed by atoms with van der Waals surface area (Å²) in [4.78, 5) is 12.1. The molecule has 0 radical (unpaired) electrons. The summed E-state index contributed by atoms with van der Waals surface area (Å²) in [6.07, 6.45) is 11.1. The van der Waals surface area contributed by atoms with Crippen molar-refractivity contribution in [2.24, 2.45) is 5.92 Å². The van der Waals surface area contributed by atoms with Gasteiger partial charge in [0, 0.05) is 23.5 Å². The standard InChI is InChI=1S/C15H12O/c16-15-13(9-11-5-1-2-6-11)10-12-7-3-4-8-14(12)15/h1-9,11H,10H2/b13-9+. The molecule has 0 aliphatic heterocycles. The third-order valence-corrected chi connectivity index (χ3v) is 3.11. The predicted octanol–water partition coefficient (Wildman–Crippen LogP) is 3.09. The number of rotatable bonds is 1. The van der Waals surface area contributed by atoms with Gasteiger partial charge in [-0.25, -0.2) is 0 Å². The van der Waals surface area contributed by atoms with Crippen LogP contribution in [0, 0.1) is 5.92 Å². The molecule has 0 heterocycles. The van der Waals surface area contributed by atoms with Crippen molar-refractivity contribution in [2.75, 3.05) is 0 Å². The van der Waals surface area contributed by atoms with E-state index in [0.717, 1.165) is 23.1 Å². The first kappa shape index (κ1) is 9.34. The lowest BCUT2D eigenvalue weighted by Gasteiger charge is -1.99. The number of allylic oxidation sites excluding steroid dienone is 6. The SMILES string of the molecule is O=C1/C(=C/C2C=CC=C2)Cc2ccccc21. The zero-order chi connectivity index (χ0) is 11.0. The molecule has 0 atom stereocenters. The minimum absolute atomic E-state index is 0.198. The summed E-state index contributed by atoms with van der Waals surface area (Å²) in [5.41, 5.74) is 2.96. The molecule has 78 valence electrons. The monoisotopic (exact) mass is 208 g/mol. The maximum absolute atomic E-state index is 12.1. The van der Waals surface area contributed by atoms with Crippen LogP contribution in [0.5, 0.6) is 0 Å². The molecule has 1 aromatic carbocycles. The van der Waals surface area contributed by atoms with E-state index in [1.54, 1.807) is 0 Å². The van der Waals surface area contributed by atoms with Gasteiger partial charge in [-0.2, -0.15) is 0 Å². The number of Topliss-reactive ketones (excluding diaryl/α,β-unsaturated/α-hetero) is 1. The van der Waals surface area contributed by atoms with Crippen LogP contribution in [0.15, 0.2) is 60.2 Å². The summed E-state index contributed by atoms with van der Waals surface area (Å²) in [5, 5.41) is 0. The summed E-state index contributed by atoms with van der Waals surface area (Å²) < 4.78 is 0. The van der Waals surface area contributed by atoms with Gasteiger partial charge in [0.1, 0.15) is 0 Å². The highest BCUT2D eigenvalue weighted by Gasteiger charge is 2.24. The van der Waals surface area contributed by atoms with E-state index < -0.39 is 0 Å². The van der Waals surface area contributed by atoms with Gasteiger partial charge in [0.15, 0.2) is 5.78 Å². The van der Waals surface area contributed by atoms with Crippen molar-refractivity contribution < 1.29 is 4.79 Å². The Hall–Kier alpha value is -1.89. The van der Waals surface area contributed by atoms with Gasteiger partial charge in [-0.15, -0.1) is 0 Å². The van der Waals surface area contributed by atoms with Gasteiger partial charge in [0.25, 0.3) is 0 Å². The van der Waals surface area contributed by atoms with Gasteiger partial charge < -0.3 is 0 Å². The van der Waals surface area contributed by atoms with Crippen LogP contribution in [0.4, 0.5) is 0 Å².